The molecule has 5 nitrogen and oxygen atoms in total. The standard InChI is InChI=1S/C16H20FN3O2/c1-9(12-6-7-18-8-13(12)17)19-15(21)16(4,5)14-10(2)20-22-11(14)3/h6-9H,1-5H3,(H,19,21). The number of hydrogen-bond acceptors (Lipinski definition) is 4. The van der Waals surface area contributed by atoms with Crippen LogP contribution in [0.1, 0.15) is 49.4 Å². The Hall–Kier alpha value is -2.24. The summed E-state index contributed by atoms with van der Waals surface area (Å²) in [6.07, 6.45) is 2.64. The first-order valence-electron chi connectivity index (χ1n) is 7.09. The number of amides is 1. The summed E-state index contributed by atoms with van der Waals surface area (Å²) < 4.78 is 18.9. The van der Waals surface area contributed by atoms with Gasteiger partial charge in [-0.1, -0.05) is 5.16 Å². The third-order valence-electron chi connectivity index (χ3n) is 3.84. The number of hydrogen-bond donors (Lipinski definition) is 1. The molecule has 0 fully saturated rings. The van der Waals surface area contributed by atoms with E-state index in [1.807, 2.05) is 0 Å². The molecule has 0 spiro atoms. The normalized spacial score (nSPS) is 13.0. The van der Waals surface area contributed by atoms with Gasteiger partial charge in [0, 0.05) is 17.3 Å². The van der Waals surface area contributed by atoms with Gasteiger partial charge in [-0.15, -0.1) is 0 Å². The Bertz CT molecular complexity index is 675. The predicted molar refractivity (Wildman–Crippen MR) is 79.8 cm³/mol. The van der Waals surface area contributed by atoms with Crippen LogP contribution in [0.15, 0.2) is 23.0 Å². The van der Waals surface area contributed by atoms with Gasteiger partial charge in [-0.2, -0.15) is 0 Å². The lowest BCUT2D eigenvalue weighted by molar-refractivity contribution is -0.126. The third-order valence-corrected chi connectivity index (χ3v) is 3.84. The number of pyridine rings is 1. The molecule has 1 unspecified atom stereocenters. The van der Waals surface area contributed by atoms with Crippen molar-refractivity contribution in [2.45, 2.75) is 46.1 Å². The van der Waals surface area contributed by atoms with Crippen LogP contribution in [0.25, 0.3) is 0 Å². The van der Waals surface area contributed by atoms with Gasteiger partial charge in [-0.3, -0.25) is 9.78 Å². The van der Waals surface area contributed by atoms with Gasteiger partial charge in [-0.05, 0) is 40.7 Å². The average molecular weight is 305 g/mol. The molecule has 2 rings (SSSR count). The molecule has 2 aromatic rings. The van der Waals surface area contributed by atoms with E-state index in [0.717, 1.165) is 11.8 Å². The van der Waals surface area contributed by atoms with Gasteiger partial charge in [0.15, 0.2) is 0 Å². The van der Waals surface area contributed by atoms with Crippen LogP contribution in [0.2, 0.25) is 0 Å². The molecule has 2 aromatic heterocycles. The second kappa shape index (κ2) is 5.87. The zero-order valence-electron chi connectivity index (χ0n) is 13.4. The molecule has 0 saturated heterocycles. The predicted octanol–water partition coefficient (Wildman–Crippen LogP) is 2.98. The number of nitrogens with zero attached hydrogens (tertiary/aromatic N) is 2. The summed E-state index contributed by atoms with van der Waals surface area (Å²) in [5, 5.41) is 6.74. The van der Waals surface area contributed by atoms with Crippen LogP contribution in [0.4, 0.5) is 4.39 Å². The van der Waals surface area contributed by atoms with Crippen LogP contribution in [-0.4, -0.2) is 16.0 Å². The van der Waals surface area contributed by atoms with Crippen molar-refractivity contribution in [2.24, 2.45) is 0 Å². The van der Waals surface area contributed by atoms with Gasteiger partial charge >= 0.3 is 0 Å². The molecule has 0 bridgehead atoms. The van der Waals surface area contributed by atoms with Gasteiger partial charge in [-0.25, -0.2) is 4.39 Å². The first-order chi connectivity index (χ1) is 10.2. The van der Waals surface area contributed by atoms with E-state index in [0.29, 0.717) is 17.0 Å². The van der Waals surface area contributed by atoms with Crippen LogP contribution in [-0.2, 0) is 10.2 Å². The van der Waals surface area contributed by atoms with Crippen LogP contribution < -0.4 is 5.32 Å². The van der Waals surface area contributed by atoms with Gasteiger partial charge in [0.05, 0.1) is 23.3 Å². The summed E-state index contributed by atoms with van der Waals surface area (Å²) >= 11 is 0. The molecule has 22 heavy (non-hydrogen) atoms. The fourth-order valence-corrected chi connectivity index (χ4v) is 2.68. The van der Waals surface area contributed by atoms with E-state index in [2.05, 4.69) is 15.5 Å². The Morgan fingerprint density at radius 2 is 2.09 bits per heavy atom. The fraction of sp³-hybridized carbons (Fsp3) is 0.438. The highest BCUT2D eigenvalue weighted by atomic mass is 19.1. The smallest absolute Gasteiger partial charge is 0.230 e. The van der Waals surface area contributed by atoms with Crippen molar-refractivity contribution in [2.75, 3.05) is 0 Å². The SMILES string of the molecule is Cc1noc(C)c1C(C)(C)C(=O)NC(C)c1ccncc1F. The lowest BCUT2D eigenvalue weighted by atomic mass is 9.82. The molecule has 2 heterocycles. The lowest BCUT2D eigenvalue weighted by Gasteiger charge is -2.26. The molecule has 1 amide bonds. The quantitative estimate of drug-likeness (QED) is 0.943. The van der Waals surface area contributed by atoms with Crippen LogP contribution >= 0.6 is 0 Å². The molecule has 118 valence electrons. The van der Waals surface area contributed by atoms with E-state index in [1.54, 1.807) is 40.7 Å². The summed E-state index contributed by atoms with van der Waals surface area (Å²) in [5.74, 6) is -0.0450. The van der Waals surface area contributed by atoms with Gasteiger partial charge in [0.2, 0.25) is 5.91 Å². The van der Waals surface area contributed by atoms with E-state index in [-0.39, 0.29) is 5.91 Å². The molecule has 1 atom stereocenters. The minimum absolute atomic E-state index is 0.217. The van der Waals surface area contributed by atoms with Gasteiger partial charge in [0.1, 0.15) is 11.6 Å². The number of nitrogens with one attached hydrogen (secondary N) is 1. The lowest BCUT2D eigenvalue weighted by Crippen LogP contribution is -2.42. The number of carbonyl (C=O) groups is 1. The molecule has 0 aliphatic carbocycles. The van der Waals surface area contributed by atoms with Crippen molar-refractivity contribution in [1.82, 2.24) is 15.5 Å². The zero-order chi connectivity index (χ0) is 16.5. The summed E-state index contributed by atoms with van der Waals surface area (Å²) in [5.41, 5.74) is 1.01. The second-order valence-corrected chi connectivity index (χ2v) is 5.92. The van der Waals surface area contributed by atoms with Gasteiger partial charge in [0.25, 0.3) is 0 Å². The Kier molecular flexibility index (Phi) is 4.30. The molecule has 0 radical (unpaired) electrons. The number of rotatable bonds is 4. The minimum atomic E-state index is -0.827. The Morgan fingerprint density at radius 3 is 2.64 bits per heavy atom. The maximum Gasteiger partial charge on any atom is 0.230 e. The van der Waals surface area contributed by atoms with Crippen LogP contribution in [0.3, 0.4) is 0 Å². The summed E-state index contributed by atoms with van der Waals surface area (Å²) in [4.78, 5) is 16.4. The largest absolute Gasteiger partial charge is 0.361 e. The maximum absolute atomic E-state index is 13.7. The molecule has 0 saturated carbocycles. The van der Waals surface area contributed by atoms with Crippen molar-refractivity contribution in [3.63, 3.8) is 0 Å². The van der Waals surface area contributed by atoms with E-state index in [1.165, 1.54) is 6.20 Å². The van der Waals surface area contributed by atoms with Crippen molar-refractivity contribution >= 4 is 5.91 Å². The molecule has 0 aliphatic rings. The highest BCUT2D eigenvalue weighted by molar-refractivity contribution is 5.88. The molecule has 1 N–H and O–H groups in total. The zero-order valence-corrected chi connectivity index (χ0v) is 13.4. The number of aromatic nitrogens is 2. The van der Waals surface area contributed by atoms with E-state index < -0.39 is 17.3 Å². The highest BCUT2D eigenvalue weighted by Gasteiger charge is 2.36. The molecule has 0 aliphatic heterocycles. The first kappa shape index (κ1) is 16.1. The number of halogens is 1. The highest BCUT2D eigenvalue weighted by Crippen LogP contribution is 2.30. The fourth-order valence-electron chi connectivity index (χ4n) is 2.68. The second-order valence-electron chi connectivity index (χ2n) is 5.92. The molecular formula is C16H20FN3O2. The van der Waals surface area contributed by atoms with Crippen LogP contribution in [0.5, 0.6) is 0 Å². The van der Waals surface area contributed by atoms with E-state index >= 15 is 0 Å². The monoisotopic (exact) mass is 305 g/mol. The third kappa shape index (κ3) is 2.86. The van der Waals surface area contributed by atoms with Crippen molar-refractivity contribution < 1.29 is 13.7 Å². The Morgan fingerprint density at radius 1 is 1.41 bits per heavy atom. The number of aryl methyl sites for hydroxylation is 2. The minimum Gasteiger partial charge on any atom is -0.361 e. The Balaban J connectivity index is 2.23. The molecule has 0 aromatic carbocycles. The van der Waals surface area contributed by atoms with Crippen molar-refractivity contribution in [3.05, 3.63) is 46.9 Å². The average Bonchev–Trinajstić information content (AvgIpc) is 2.78. The summed E-state index contributed by atoms with van der Waals surface area (Å²) in [7, 11) is 0. The van der Waals surface area contributed by atoms with Crippen molar-refractivity contribution in [1.29, 1.82) is 0 Å². The summed E-state index contributed by atoms with van der Waals surface area (Å²) in [6, 6.07) is 1.10. The summed E-state index contributed by atoms with van der Waals surface area (Å²) in [6.45, 7) is 8.90. The van der Waals surface area contributed by atoms with E-state index in [9.17, 15) is 9.18 Å². The van der Waals surface area contributed by atoms with Gasteiger partial charge < -0.3 is 9.84 Å². The topological polar surface area (TPSA) is 68.0 Å². The van der Waals surface area contributed by atoms with Crippen LogP contribution in [0, 0.1) is 19.7 Å². The molecular weight excluding hydrogens is 285 g/mol. The molecule has 6 heteroatoms. The van der Waals surface area contributed by atoms with E-state index in [4.69, 9.17) is 4.52 Å². The first-order valence-corrected chi connectivity index (χ1v) is 7.09. The Labute approximate surface area is 128 Å². The number of carbonyl (C=O) groups excluding carboxylic acids is 1. The maximum atomic E-state index is 13.7. The van der Waals surface area contributed by atoms with Crippen molar-refractivity contribution in [3.8, 4) is 0 Å².